The number of rotatable bonds is 2. The molecule has 2 rings (SSSR count). The fraction of sp³-hybridized carbons (Fsp3) is 0.538. The van der Waals surface area contributed by atoms with Crippen LogP contribution in [0.15, 0.2) is 12.1 Å². The van der Waals surface area contributed by atoms with E-state index in [4.69, 9.17) is 10.5 Å². The Balaban J connectivity index is 2.38. The normalized spacial score (nSPS) is 16.7. The van der Waals surface area contributed by atoms with Gasteiger partial charge in [-0.3, -0.25) is 0 Å². The Bertz CT molecular complexity index is 358. The SMILES string of the molecule is Cc1cc2c(c(CC(C)N)c1)OCCC2. The Kier molecular flexibility index (Phi) is 2.96. The standard InChI is InChI=1S/C13H19NO/c1-9-6-11-4-3-5-15-13(11)12(7-9)8-10(2)14/h6-7,10H,3-5,8,14H2,1-2H3. The molecular weight excluding hydrogens is 186 g/mol. The molecule has 0 saturated heterocycles. The summed E-state index contributed by atoms with van der Waals surface area (Å²) in [4.78, 5) is 0. The molecule has 0 spiro atoms. The fourth-order valence-corrected chi connectivity index (χ4v) is 2.24. The van der Waals surface area contributed by atoms with Gasteiger partial charge in [0.1, 0.15) is 5.75 Å². The Morgan fingerprint density at radius 3 is 3.00 bits per heavy atom. The summed E-state index contributed by atoms with van der Waals surface area (Å²) in [5.74, 6) is 1.10. The lowest BCUT2D eigenvalue weighted by Gasteiger charge is -2.22. The monoisotopic (exact) mass is 205 g/mol. The van der Waals surface area contributed by atoms with Gasteiger partial charge in [0.05, 0.1) is 6.61 Å². The van der Waals surface area contributed by atoms with Crippen molar-refractivity contribution in [3.05, 3.63) is 28.8 Å². The Hall–Kier alpha value is -1.02. The number of fused-ring (bicyclic) bond motifs is 1. The highest BCUT2D eigenvalue weighted by Gasteiger charge is 2.15. The minimum Gasteiger partial charge on any atom is -0.493 e. The van der Waals surface area contributed by atoms with Crippen LogP contribution in [0.2, 0.25) is 0 Å². The fourth-order valence-electron chi connectivity index (χ4n) is 2.24. The van der Waals surface area contributed by atoms with E-state index in [0.29, 0.717) is 0 Å². The second-order valence-electron chi connectivity index (χ2n) is 4.55. The highest BCUT2D eigenvalue weighted by molar-refractivity contribution is 5.46. The minimum atomic E-state index is 0.196. The molecule has 2 nitrogen and oxygen atoms in total. The number of nitrogens with two attached hydrogens (primary N) is 1. The van der Waals surface area contributed by atoms with Crippen LogP contribution in [-0.2, 0) is 12.8 Å². The highest BCUT2D eigenvalue weighted by Crippen LogP contribution is 2.31. The molecule has 1 aromatic carbocycles. The lowest BCUT2D eigenvalue weighted by Crippen LogP contribution is -2.20. The van der Waals surface area contributed by atoms with Gasteiger partial charge < -0.3 is 10.5 Å². The summed E-state index contributed by atoms with van der Waals surface area (Å²) in [6.07, 6.45) is 3.18. The molecule has 0 fully saturated rings. The zero-order valence-electron chi connectivity index (χ0n) is 9.55. The van der Waals surface area contributed by atoms with E-state index < -0.39 is 0 Å². The molecule has 1 atom stereocenters. The first-order valence-corrected chi connectivity index (χ1v) is 5.67. The zero-order chi connectivity index (χ0) is 10.8. The summed E-state index contributed by atoms with van der Waals surface area (Å²) in [5, 5.41) is 0. The van der Waals surface area contributed by atoms with Crippen molar-refractivity contribution in [2.45, 2.75) is 39.2 Å². The smallest absolute Gasteiger partial charge is 0.125 e. The predicted octanol–water partition coefficient (Wildman–Crippen LogP) is 2.21. The molecule has 0 amide bonds. The topological polar surface area (TPSA) is 35.2 Å². The molecule has 2 heteroatoms. The van der Waals surface area contributed by atoms with Crippen molar-refractivity contribution in [1.82, 2.24) is 0 Å². The van der Waals surface area contributed by atoms with Crippen molar-refractivity contribution in [3.8, 4) is 5.75 Å². The van der Waals surface area contributed by atoms with E-state index in [1.54, 1.807) is 0 Å². The third-order valence-corrected chi connectivity index (χ3v) is 2.77. The van der Waals surface area contributed by atoms with Crippen LogP contribution in [0.5, 0.6) is 5.75 Å². The number of benzene rings is 1. The van der Waals surface area contributed by atoms with Crippen LogP contribution in [0.25, 0.3) is 0 Å². The first-order chi connectivity index (χ1) is 7.16. The maximum atomic E-state index is 5.85. The van der Waals surface area contributed by atoms with Gasteiger partial charge in [-0.25, -0.2) is 0 Å². The molecule has 15 heavy (non-hydrogen) atoms. The van der Waals surface area contributed by atoms with Crippen LogP contribution in [0.3, 0.4) is 0 Å². The van der Waals surface area contributed by atoms with Crippen LogP contribution in [0.1, 0.15) is 30.0 Å². The molecule has 1 aliphatic heterocycles. The summed E-state index contributed by atoms with van der Waals surface area (Å²) >= 11 is 0. The Morgan fingerprint density at radius 2 is 2.27 bits per heavy atom. The summed E-state index contributed by atoms with van der Waals surface area (Å²) in [5.41, 5.74) is 9.80. The van der Waals surface area contributed by atoms with Crippen LogP contribution >= 0.6 is 0 Å². The van der Waals surface area contributed by atoms with Crippen molar-refractivity contribution >= 4 is 0 Å². The Labute approximate surface area is 91.4 Å². The molecule has 0 radical (unpaired) electrons. The second kappa shape index (κ2) is 4.23. The van der Waals surface area contributed by atoms with Gasteiger partial charge in [-0.2, -0.15) is 0 Å². The van der Waals surface area contributed by atoms with Crippen molar-refractivity contribution in [2.75, 3.05) is 6.61 Å². The van der Waals surface area contributed by atoms with Gasteiger partial charge in [0.25, 0.3) is 0 Å². The summed E-state index contributed by atoms with van der Waals surface area (Å²) < 4.78 is 5.75. The molecule has 0 saturated carbocycles. The highest BCUT2D eigenvalue weighted by atomic mass is 16.5. The van der Waals surface area contributed by atoms with E-state index in [9.17, 15) is 0 Å². The average Bonchev–Trinajstić information content (AvgIpc) is 2.16. The quantitative estimate of drug-likeness (QED) is 0.803. The summed E-state index contributed by atoms with van der Waals surface area (Å²) in [6, 6.07) is 4.63. The Morgan fingerprint density at radius 1 is 1.47 bits per heavy atom. The molecule has 0 bridgehead atoms. The summed E-state index contributed by atoms with van der Waals surface area (Å²) in [6.45, 7) is 5.03. The number of ether oxygens (including phenoxy) is 1. The van der Waals surface area contributed by atoms with E-state index in [-0.39, 0.29) is 6.04 Å². The molecule has 82 valence electrons. The van der Waals surface area contributed by atoms with Gasteiger partial charge in [-0.15, -0.1) is 0 Å². The van der Waals surface area contributed by atoms with Crippen molar-refractivity contribution < 1.29 is 4.74 Å². The van der Waals surface area contributed by atoms with Gasteiger partial charge in [-0.1, -0.05) is 17.7 Å². The van der Waals surface area contributed by atoms with Crippen LogP contribution in [-0.4, -0.2) is 12.6 Å². The molecule has 1 aliphatic rings. The molecule has 0 aromatic heterocycles. The average molecular weight is 205 g/mol. The van der Waals surface area contributed by atoms with Crippen LogP contribution < -0.4 is 10.5 Å². The minimum absolute atomic E-state index is 0.196. The molecule has 1 heterocycles. The van der Waals surface area contributed by atoms with Crippen LogP contribution in [0.4, 0.5) is 0 Å². The van der Waals surface area contributed by atoms with Crippen molar-refractivity contribution in [3.63, 3.8) is 0 Å². The van der Waals surface area contributed by atoms with Crippen molar-refractivity contribution in [1.29, 1.82) is 0 Å². The molecule has 1 unspecified atom stereocenters. The third-order valence-electron chi connectivity index (χ3n) is 2.77. The first-order valence-electron chi connectivity index (χ1n) is 5.67. The van der Waals surface area contributed by atoms with E-state index >= 15 is 0 Å². The zero-order valence-corrected chi connectivity index (χ0v) is 9.55. The summed E-state index contributed by atoms with van der Waals surface area (Å²) in [7, 11) is 0. The maximum absolute atomic E-state index is 5.85. The number of hydrogen-bond donors (Lipinski definition) is 1. The first kappa shape index (κ1) is 10.5. The van der Waals surface area contributed by atoms with E-state index in [1.165, 1.54) is 16.7 Å². The molecule has 2 N–H and O–H groups in total. The van der Waals surface area contributed by atoms with Gasteiger partial charge in [-0.05, 0) is 44.2 Å². The van der Waals surface area contributed by atoms with Gasteiger partial charge in [0.15, 0.2) is 0 Å². The molecular formula is C13H19NO. The molecule has 0 aliphatic carbocycles. The van der Waals surface area contributed by atoms with Gasteiger partial charge in [0, 0.05) is 6.04 Å². The second-order valence-corrected chi connectivity index (χ2v) is 4.55. The van der Waals surface area contributed by atoms with Crippen LogP contribution in [0, 0.1) is 6.92 Å². The number of hydrogen-bond acceptors (Lipinski definition) is 2. The van der Waals surface area contributed by atoms with E-state index in [1.807, 2.05) is 6.92 Å². The predicted molar refractivity (Wildman–Crippen MR) is 62.3 cm³/mol. The van der Waals surface area contributed by atoms with Gasteiger partial charge >= 0.3 is 0 Å². The maximum Gasteiger partial charge on any atom is 0.125 e. The van der Waals surface area contributed by atoms with E-state index in [2.05, 4.69) is 19.1 Å². The lowest BCUT2D eigenvalue weighted by atomic mass is 9.96. The van der Waals surface area contributed by atoms with E-state index in [0.717, 1.165) is 31.6 Å². The lowest BCUT2D eigenvalue weighted by molar-refractivity contribution is 0.284. The third kappa shape index (κ3) is 2.32. The number of aryl methyl sites for hydroxylation is 2. The molecule has 1 aromatic rings. The van der Waals surface area contributed by atoms with Crippen molar-refractivity contribution in [2.24, 2.45) is 5.73 Å². The van der Waals surface area contributed by atoms with Gasteiger partial charge in [0.2, 0.25) is 0 Å². The largest absolute Gasteiger partial charge is 0.493 e.